The third-order valence-corrected chi connectivity index (χ3v) is 10.7. The summed E-state index contributed by atoms with van der Waals surface area (Å²) < 4.78 is 17.3. The number of rotatable bonds is 45. The lowest BCUT2D eigenvalue weighted by Gasteiger charge is -2.31. The summed E-state index contributed by atoms with van der Waals surface area (Å²) in [6.45, 7) is 4.42. The highest BCUT2D eigenvalue weighted by molar-refractivity contribution is 5.72. The molecule has 0 saturated heterocycles. The Morgan fingerprint density at radius 3 is 1.13 bits per heavy atom. The fourth-order valence-corrected chi connectivity index (χ4v) is 6.74. The molecule has 8 heteroatoms. The lowest BCUT2D eigenvalue weighted by atomic mass is 10.1. The topological polar surface area (TPSA) is 99.1 Å². The number of quaternary nitrogens is 1. The summed E-state index contributed by atoms with van der Waals surface area (Å²) in [6, 6.07) is -0.637. The Balaban J connectivity index is 4.41. The average Bonchev–Trinajstić information content (AvgIpc) is 3.31. The number of hydrogen-bond donors (Lipinski definition) is 1. The van der Waals surface area contributed by atoms with Crippen molar-refractivity contribution in [1.82, 2.24) is 0 Å². The van der Waals surface area contributed by atoms with Gasteiger partial charge in [-0.05, 0) is 116 Å². The van der Waals surface area contributed by atoms with Crippen molar-refractivity contribution in [3.8, 4) is 0 Å². The molecule has 0 aliphatic carbocycles. The van der Waals surface area contributed by atoms with Gasteiger partial charge >= 0.3 is 17.9 Å². The van der Waals surface area contributed by atoms with Gasteiger partial charge in [0.05, 0.1) is 34.4 Å². The molecule has 2 atom stereocenters. The number of carboxylic acid groups (broad SMARTS) is 1. The van der Waals surface area contributed by atoms with Crippen molar-refractivity contribution < 1.29 is 38.2 Å². The van der Waals surface area contributed by atoms with Crippen molar-refractivity contribution in [2.24, 2.45) is 0 Å². The van der Waals surface area contributed by atoms with Crippen LogP contribution in [0, 0.1) is 0 Å². The van der Waals surface area contributed by atoms with Crippen LogP contribution in [0.4, 0.5) is 0 Å². The van der Waals surface area contributed by atoms with E-state index in [9.17, 15) is 19.5 Å². The zero-order chi connectivity index (χ0) is 50.6. The van der Waals surface area contributed by atoms with E-state index < -0.39 is 18.1 Å². The first-order valence-corrected chi connectivity index (χ1v) is 26.4. The van der Waals surface area contributed by atoms with Gasteiger partial charge in [0.1, 0.15) is 6.61 Å². The number of carbonyl (C=O) groups is 3. The van der Waals surface area contributed by atoms with Crippen LogP contribution in [-0.2, 0) is 28.6 Å². The molecule has 0 saturated carbocycles. The number of ether oxygens (including phenoxy) is 3. The Labute approximate surface area is 421 Å². The van der Waals surface area contributed by atoms with Crippen molar-refractivity contribution in [1.29, 1.82) is 0 Å². The van der Waals surface area contributed by atoms with E-state index in [1.165, 1.54) is 0 Å². The predicted octanol–water partition coefficient (Wildman–Crippen LogP) is 15.7. The van der Waals surface area contributed by atoms with Crippen molar-refractivity contribution in [2.75, 3.05) is 41.0 Å². The molecule has 69 heavy (non-hydrogen) atoms. The number of carbonyl (C=O) groups excluding carboxylic acids is 2. The van der Waals surface area contributed by atoms with Gasteiger partial charge < -0.3 is 23.8 Å². The van der Waals surface area contributed by atoms with Gasteiger partial charge in [0.15, 0.2) is 12.1 Å². The quantitative estimate of drug-likeness (QED) is 0.0281. The molecule has 0 aromatic heterocycles. The average molecular weight is 955 g/mol. The SMILES string of the molecule is CC/C=C/C/C=C/C/C=C/C/C=C/C/C=C/C/C=C/CCCCCCC(=O)OCC(COCCC(C(=O)O)[N+](C)(C)C)OC(=O)CCCCC/C=C/C/C=C/C/C=C/C/C=C/C/C=C/C/C=C/CC. The third-order valence-electron chi connectivity index (χ3n) is 10.7. The Kier molecular flexibility index (Phi) is 46.2. The van der Waals surface area contributed by atoms with Crippen molar-refractivity contribution in [2.45, 2.75) is 180 Å². The maximum atomic E-state index is 12.8. The lowest BCUT2D eigenvalue weighted by Crippen LogP contribution is -2.50. The maximum Gasteiger partial charge on any atom is 0.362 e. The molecule has 0 rings (SSSR count). The highest BCUT2D eigenvalue weighted by Gasteiger charge is 2.31. The normalized spacial score (nSPS) is 14.0. The molecule has 0 spiro atoms. The summed E-state index contributed by atoms with van der Waals surface area (Å²) >= 11 is 0. The van der Waals surface area contributed by atoms with E-state index in [1.54, 1.807) is 0 Å². The summed E-state index contributed by atoms with van der Waals surface area (Å²) in [7, 11) is 5.50. The second kappa shape index (κ2) is 49.6. The largest absolute Gasteiger partial charge is 0.477 e. The van der Waals surface area contributed by atoms with Crippen LogP contribution in [0.15, 0.2) is 146 Å². The summed E-state index contributed by atoms with van der Waals surface area (Å²) in [5, 5.41) is 9.67. The van der Waals surface area contributed by atoms with Crippen LogP contribution in [0.2, 0.25) is 0 Å². The first kappa shape index (κ1) is 64.2. The van der Waals surface area contributed by atoms with Gasteiger partial charge in [0, 0.05) is 19.3 Å². The molecular weight excluding hydrogens is 859 g/mol. The third kappa shape index (κ3) is 48.0. The number of likely N-dealkylation sites (N-methyl/N-ethyl adjacent to an activating group) is 1. The van der Waals surface area contributed by atoms with Crippen molar-refractivity contribution in [3.05, 3.63) is 146 Å². The van der Waals surface area contributed by atoms with E-state index in [4.69, 9.17) is 14.2 Å². The Morgan fingerprint density at radius 1 is 0.435 bits per heavy atom. The number of esters is 2. The number of unbranched alkanes of at least 4 members (excludes halogenated alkanes) is 7. The van der Waals surface area contributed by atoms with E-state index in [-0.39, 0.29) is 42.7 Å². The summed E-state index contributed by atoms with van der Waals surface area (Å²) in [4.78, 5) is 37.2. The standard InChI is InChI=1S/C61H95NO7/c1-6-8-10-12-14-16-18-20-22-24-26-28-30-32-33-35-37-39-41-43-45-47-49-51-59(63)68-56-57(55-67-54-53-58(61(65)66)62(3,4)5)69-60(64)52-50-48-46-44-42-40-38-36-34-31-29-27-25-23-21-19-17-15-13-11-9-7-2/h8-11,14-17,20-23,26-29,32-34,36-37,39-40,42,57-58H,6-7,12-13,18-19,24-25,30-31,35,38,41,43-56H2,1-5H3/p+1/b10-8+,11-9+,16-14+,17-15+,22-20+,23-21+,28-26+,29-27+,33-32+,36-34+,39-37+,42-40+. The molecule has 0 amide bonds. The smallest absolute Gasteiger partial charge is 0.362 e. The van der Waals surface area contributed by atoms with Gasteiger partial charge in [-0.1, -0.05) is 179 Å². The second-order valence-corrected chi connectivity index (χ2v) is 18.0. The van der Waals surface area contributed by atoms with E-state index in [1.807, 2.05) is 21.1 Å². The first-order chi connectivity index (χ1) is 33.6. The van der Waals surface area contributed by atoms with E-state index in [0.717, 1.165) is 128 Å². The highest BCUT2D eigenvalue weighted by Crippen LogP contribution is 2.12. The number of aliphatic carboxylic acids is 1. The van der Waals surface area contributed by atoms with Crippen molar-refractivity contribution >= 4 is 17.9 Å². The molecule has 8 nitrogen and oxygen atoms in total. The van der Waals surface area contributed by atoms with Crippen LogP contribution in [-0.4, -0.2) is 80.6 Å². The zero-order valence-electron chi connectivity index (χ0n) is 43.9. The minimum atomic E-state index is -0.891. The van der Waals surface area contributed by atoms with Gasteiger partial charge in [-0.3, -0.25) is 9.59 Å². The molecule has 0 aliphatic rings. The van der Waals surface area contributed by atoms with Gasteiger partial charge in [-0.15, -0.1) is 0 Å². The Bertz CT molecular complexity index is 1630. The van der Waals surface area contributed by atoms with E-state index in [0.29, 0.717) is 19.3 Å². The van der Waals surface area contributed by atoms with Gasteiger partial charge in [0.25, 0.3) is 0 Å². The molecular formula is C61H96NO7+. The van der Waals surface area contributed by atoms with Crippen LogP contribution >= 0.6 is 0 Å². The molecule has 2 unspecified atom stereocenters. The molecule has 0 aromatic rings. The highest BCUT2D eigenvalue weighted by atomic mass is 16.6. The van der Waals surface area contributed by atoms with Crippen LogP contribution in [0.5, 0.6) is 0 Å². The summed E-state index contributed by atoms with van der Waals surface area (Å²) in [5.41, 5.74) is 0. The fourth-order valence-electron chi connectivity index (χ4n) is 6.74. The number of carboxylic acids is 1. The van der Waals surface area contributed by atoms with E-state index >= 15 is 0 Å². The molecule has 0 bridgehead atoms. The van der Waals surface area contributed by atoms with Gasteiger partial charge in [-0.2, -0.15) is 0 Å². The molecule has 0 fully saturated rings. The molecule has 0 aliphatic heterocycles. The minimum Gasteiger partial charge on any atom is -0.477 e. The number of nitrogens with zero attached hydrogens (tertiary/aromatic N) is 1. The summed E-state index contributed by atoms with van der Waals surface area (Å²) in [6.07, 6.45) is 73.3. The first-order valence-electron chi connectivity index (χ1n) is 26.4. The number of allylic oxidation sites excluding steroid dienone is 24. The monoisotopic (exact) mass is 955 g/mol. The van der Waals surface area contributed by atoms with Gasteiger partial charge in [-0.25, -0.2) is 4.79 Å². The molecule has 0 radical (unpaired) electrons. The Morgan fingerprint density at radius 2 is 0.768 bits per heavy atom. The van der Waals surface area contributed by atoms with Crippen LogP contribution < -0.4 is 0 Å². The second-order valence-electron chi connectivity index (χ2n) is 18.0. The zero-order valence-corrected chi connectivity index (χ0v) is 43.9. The predicted molar refractivity (Wildman–Crippen MR) is 293 cm³/mol. The van der Waals surface area contributed by atoms with Gasteiger partial charge in [0.2, 0.25) is 0 Å². The lowest BCUT2D eigenvalue weighted by molar-refractivity contribution is -0.887. The Hall–Kier alpha value is -4.79. The van der Waals surface area contributed by atoms with Crippen LogP contribution in [0.25, 0.3) is 0 Å². The van der Waals surface area contributed by atoms with E-state index in [2.05, 4.69) is 160 Å². The molecule has 0 aromatic carbocycles. The molecule has 0 heterocycles. The fraction of sp³-hybridized carbons (Fsp3) is 0.557. The maximum absolute atomic E-state index is 12.8. The molecule has 386 valence electrons. The number of hydrogen-bond acceptors (Lipinski definition) is 6. The van der Waals surface area contributed by atoms with Crippen LogP contribution in [0.1, 0.15) is 168 Å². The van der Waals surface area contributed by atoms with Crippen LogP contribution in [0.3, 0.4) is 0 Å². The molecule has 1 N–H and O–H groups in total. The van der Waals surface area contributed by atoms with Crippen molar-refractivity contribution in [3.63, 3.8) is 0 Å². The minimum absolute atomic E-state index is 0.0276. The summed E-state index contributed by atoms with van der Waals surface area (Å²) in [5.74, 6) is -1.56.